The number of para-hydroxylation sites is 2. The number of rotatable bonds is 4. The summed E-state index contributed by atoms with van der Waals surface area (Å²) in [6, 6.07) is 17.3. The van der Waals surface area contributed by atoms with Crippen LogP contribution in [0.15, 0.2) is 64.5 Å². The fourth-order valence-electron chi connectivity index (χ4n) is 4.13. The van der Waals surface area contributed by atoms with Gasteiger partial charge in [-0.05, 0) is 57.4 Å². The molecule has 1 saturated heterocycles. The van der Waals surface area contributed by atoms with Crippen LogP contribution in [0.2, 0.25) is 0 Å². The molecule has 150 valence electrons. The predicted octanol–water partition coefficient (Wildman–Crippen LogP) is 4.27. The largest absolute Gasteiger partial charge is 0.337 e. The van der Waals surface area contributed by atoms with Gasteiger partial charge in [0.2, 0.25) is 5.91 Å². The number of hydrogen-bond donors (Lipinski definition) is 0. The van der Waals surface area contributed by atoms with Gasteiger partial charge < -0.3 is 4.90 Å². The van der Waals surface area contributed by atoms with Crippen molar-refractivity contribution >= 4 is 28.6 Å². The lowest BCUT2D eigenvalue weighted by molar-refractivity contribution is -0.134. The maximum atomic E-state index is 13.2. The number of nitrogens with zero attached hydrogens (tertiary/aromatic N) is 3. The fraction of sp³-hybridized carbons (Fsp3) is 0.348. The Morgan fingerprint density at radius 2 is 1.69 bits per heavy atom. The van der Waals surface area contributed by atoms with Crippen LogP contribution in [0, 0.1) is 0 Å². The second kappa shape index (κ2) is 8.41. The first-order chi connectivity index (χ1) is 14.1. The van der Waals surface area contributed by atoms with E-state index >= 15 is 0 Å². The molecule has 29 heavy (non-hydrogen) atoms. The molecule has 4 rings (SSSR count). The molecule has 0 radical (unpaired) electrons. The lowest BCUT2D eigenvalue weighted by Crippen LogP contribution is -2.48. The molecular formula is C23H25N3O2S. The third-order valence-electron chi connectivity index (χ3n) is 5.57. The van der Waals surface area contributed by atoms with Crippen molar-refractivity contribution in [1.82, 2.24) is 14.5 Å². The predicted molar refractivity (Wildman–Crippen MR) is 118 cm³/mol. The number of aromatic nitrogens is 2. The Labute approximate surface area is 174 Å². The molecule has 2 aromatic carbocycles. The molecule has 0 saturated carbocycles. The highest BCUT2D eigenvalue weighted by molar-refractivity contribution is 7.99. The Balaban J connectivity index is 1.69. The van der Waals surface area contributed by atoms with Crippen LogP contribution >= 0.6 is 11.8 Å². The number of benzene rings is 2. The van der Waals surface area contributed by atoms with Crippen LogP contribution in [0.25, 0.3) is 16.6 Å². The smallest absolute Gasteiger partial charge is 0.266 e. The Morgan fingerprint density at radius 3 is 2.41 bits per heavy atom. The van der Waals surface area contributed by atoms with Gasteiger partial charge >= 0.3 is 0 Å². The SMILES string of the molecule is CC1CCCC(C)N1C(=O)CSc1nc2ccccc2c(=O)n1-c1ccccc1. The number of thioether (sulfide) groups is 1. The van der Waals surface area contributed by atoms with Gasteiger partial charge in [0.15, 0.2) is 5.16 Å². The molecule has 2 unspecified atom stereocenters. The molecule has 1 aliphatic heterocycles. The van der Waals surface area contributed by atoms with Gasteiger partial charge in [-0.25, -0.2) is 4.98 Å². The van der Waals surface area contributed by atoms with E-state index < -0.39 is 0 Å². The van der Waals surface area contributed by atoms with Crippen LogP contribution in [-0.4, -0.2) is 38.2 Å². The topological polar surface area (TPSA) is 55.2 Å². The molecule has 2 atom stereocenters. The standard InChI is InChI=1S/C23H25N3O2S/c1-16-9-8-10-17(2)25(16)21(27)15-29-23-24-20-14-7-6-13-19(20)22(28)26(23)18-11-4-3-5-12-18/h3-7,11-14,16-17H,8-10,15H2,1-2H3. The van der Waals surface area contributed by atoms with Gasteiger partial charge in [0.1, 0.15) is 0 Å². The number of carbonyl (C=O) groups is 1. The van der Waals surface area contributed by atoms with Crippen LogP contribution in [-0.2, 0) is 4.79 Å². The number of hydrogen-bond acceptors (Lipinski definition) is 4. The Morgan fingerprint density at radius 1 is 1.03 bits per heavy atom. The Hall–Kier alpha value is -2.60. The molecule has 5 nitrogen and oxygen atoms in total. The molecular weight excluding hydrogens is 382 g/mol. The van der Waals surface area contributed by atoms with Crippen molar-refractivity contribution in [3.05, 3.63) is 65.0 Å². The Bertz CT molecular complexity index is 1070. The summed E-state index contributed by atoms with van der Waals surface area (Å²) in [7, 11) is 0. The molecule has 6 heteroatoms. The van der Waals surface area contributed by atoms with Crippen LogP contribution in [0.4, 0.5) is 0 Å². The van der Waals surface area contributed by atoms with Gasteiger partial charge in [-0.3, -0.25) is 14.2 Å². The minimum Gasteiger partial charge on any atom is -0.337 e. The summed E-state index contributed by atoms with van der Waals surface area (Å²) in [6.07, 6.45) is 3.26. The van der Waals surface area contributed by atoms with E-state index in [-0.39, 0.29) is 29.3 Å². The number of carbonyl (C=O) groups excluding carboxylic acids is 1. The number of piperidine rings is 1. The highest BCUT2D eigenvalue weighted by atomic mass is 32.2. The van der Waals surface area contributed by atoms with Crippen molar-refractivity contribution in [2.75, 3.05) is 5.75 Å². The molecule has 1 aromatic heterocycles. The summed E-state index contributed by atoms with van der Waals surface area (Å²) in [5.74, 6) is 0.378. The van der Waals surface area contributed by atoms with Gasteiger partial charge in [0.25, 0.3) is 5.56 Å². The van der Waals surface area contributed by atoms with Crippen molar-refractivity contribution in [3.8, 4) is 5.69 Å². The quantitative estimate of drug-likeness (QED) is 0.479. The maximum Gasteiger partial charge on any atom is 0.266 e. The first-order valence-electron chi connectivity index (χ1n) is 10.1. The lowest BCUT2D eigenvalue weighted by atomic mass is 9.98. The zero-order valence-corrected chi connectivity index (χ0v) is 17.6. The fourth-order valence-corrected chi connectivity index (χ4v) is 5.01. The first-order valence-corrected chi connectivity index (χ1v) is 11.1. The molecule has 1 fully saturated rings. The molecule has 1 aliphatic rings. The summed E-state index contributed by atoms with van der Waals surface area (Å²) >= 11 is 1.34. The van der Waals surface area contributed by atoms with Crippen molar-refractivity contribution in [1.29, 1.82) is 0 Å². The third kappa shape index (κ3) is 3.94. The van der Waals surface area contributed by atoms with Gasteiger partial charge in [0.05, 0.1) is 22.3 Å². The monoisotopic (exact) mass is 407 g/mol. The molecule has 0 N–H and O–H groups in total. The normalized spacial score (nSPS) is 19.4. The van der Waals surface area contributed by atoms with E-state index in [1.807, 2.05) is 53.4 Å². The molecule has 1 amide bonds. The van der Waals surface area contributed by atoms with E-state index in [2.05, 4.69) is 13.8 Å². The average Bonchev–Trinajstić information content (AvgIpc) is 2.73. The minimum atomic E-state index is -0.114. The average molecular weight is 408 g/mol. The molecule has 0 aliphatic carbocycles. The van der Waals surface area contributed by atoms with Crippen LogP contribution in [0.5, 0.6) is 0 Å². The van der Waals surface area contributed by atoms with Crippen molar-refractivity contribution in [2.45, 2.75) is 50.4 Å². The van der Waals surface area contributed by atoms with Gasteiger partial charge in [-0.15, -0.1) is 0 Å². The number of amides is 1. The summed E-state index contributed by atoms with van der Waals surface area (Å²) in [6.45, 7) is 4.23. The molecule has 3 aromatic rings. The second-order valence-electron chi connectivity index (χ2n) is 7.61. The van der Waals surface area contributed by atoms with Crippen LogP contribution in [0.3, 0.4) is 0 Å². The van der Waals surface area contributed by atoms with Crippen molar-refractivity contribution in [3.63, 3.8) is 0 Å². The third-order valence-corrected chi connectivity index (χ3v) is 6.49. The highest BCUT2D eigenvalue weighted by Gasteiger charge is 2.29. The minimum absolute atomic E-state index is 0.108. The van der Waals surface area contributed by atoms with Crippen LogP contribution < -0.4 is 5.56 Å². The molecule has 0 bridgehead atoms. The summed E-state index contributed by atoms with van der Waals surface area (Å²) in [5.41, 5.74) is 1.29. The number of likely N-dealkylation sites (tertiary alicyclic amines) is 1. The summed E-state index contributed by atoms with van der Waals surface area (Å²) < 4.78 is 1.61. The highest BCUT2D eigenvalue weighted by Crippen LogP contribution is 2.26. The van der Waals surface area contributed by atoms with Crippen molar-refractivity contribution in [2.24, 2.45) is 0 Å². The molecule has 0 spiro atoms. The first kappa shape index (κ1) is 19.7. The Kier molecular flexibility index (Phi) is 5.72. The maximum absolute atomic E-state index is 13.2. The van der Waals surface area contributed by atoms with E-state index in [0.717, 1.165) is 18.5 Å². The van der Waals surface area contributed by atoms with Gasteiger partial charge in [0, 0.05) is 12.1 Å². The zero-order valence-electron chi connectivity index (χ0n) is 16.7. The van der Waals surface area contributed by atoms with E-state index in [9.17, 15) is 9.59 Å². The van der Waals surface area contributed by atoms with E-state index in [1.165, 1.54) is 18.2 Å². The summed E-state index contributed by atoms with van der Waals surface area (Å²) in [5, 5.41) is 1.12. The number of fused-ring (bicyclic) bond motifs is 1. The zero-order chi connectivity index (χ0) is 20.4. The van der Waals surface area contributed by atoms with Crippen LogP contribution in [0.1, 0.15) is 33.1 Å². The second-order valence-corrected chi connectivity index (χ2v) is 8.55. The lowest BCUT2D eigenvalue weighted by Gasteiger charge is -2.39. The summed E-state index contributed by atoms with van der Waals surface area (Å²) in [4.78, 5) is 32.9. The molecule has 2 heterocycles. The van der Waals surface area contributed by atoms with E-state index in [4.69, 9.17) is 4.98 Å². The van der Waals surface area contributed by atoms with Gasteiger partial charge in [-0.2, -0.15) is 0 Å². The van der Waals surface area contributed by atoms with E-state index in [0.29, 0.717) is 16.1 Å². The van der Waals surface area contributed by atoms with Gasteiger partial charge in [-0.1, -0.05) is 42.1 Å². The van der Waals surface area contributed by atoms with E-state index in [1.54, 1.807) is 10.6 Å². The van der Waals surface area contributed by atoms with Crippen molar-refractivity contribution < 1.29 is 4.79 Å².